The highest BCUT2D eigenvalue weighted by atomic mass is 32.1. The Balaban J connectivity index is 0.000000108. The van der Waals surface area contributed by atoms with Crippen LogP contribution in [0.25, 0.3) is 282 Å². The molecule has 0 aliphatic heterocycles. The summed E-state index contributed by atoms with van der Waals surface area (Å²) in [6.07, 6.45) is 0. The number of benzene rings is 22. The highest BCUT2D eigenvalue weighted by molar-refractivity contribution is 7.26. The largest absolute Gasteiger partial charge is 0.235 e. The van der Waals surface area contributed by atoms with Gasteiger partial charge in [-0.1, -0.05) is 390 Å². The summed E-state index contributed by atoms with van der Waals surface area (Å²) >= 11 is 7.06. The predicted octanol–water partition coefficient (Wildman–Crippen LogP) is 37.2. The number of thiophene rings is 1. The van der Waals surface area contributed by atoms with E-state index in [2.05, 4.69) is 414 Å². The molecule has 0 amide bonds. The summed E-state index contributed by atoms with van der Waals surface area (Å²) in [4.78, 5) is 46.8. The predicted molar refractivity (Wildman–Crippen MR) is 621 cm³/mol. The monoisotopic (exact) mass is 1950 g/mol. The van der Waals surface area contributed by atoms with Crippen LogP contribution in [0.3, 0.4) is 0 Å². The van der Waals surface area contributed by atoms with Gasteiger partial charge in [-0.2, -0.15) is 0 Å². The molecule has 7 aromatic heterocycles. The summed E-state index contributed by atoms with van der Waals surface area (Å²) in [5.74, 6) is 2.12. The van der Waals surface area contributed by atoms with Crippen LogP contribution in [0.4, 0.5) is 0 Å². The van der Waals surface area contributed by atoms with Crippen LogP contribution < -0.4 is 0 Å². The lowest BCUT2D eigenvalue weighted by molar-refractivity contribution is 0.661. The molecule has 0 N–H and O–H groups in total. The highest BCUT2D eigenvalue weighted by Crippen LogP contribution is 2.53. The van der Waals surface area contributed by atoms with E-state index in [1.165, 1.54) is 116 Å². The molecule has 0 atom stereocenters. The molecule has 9 nitrogen and oxygen atoms in total. The molecule has 0 saturated carbocycles. The Bertz CT molecular complexity index is 10300. The van der Waals surface area contributed by atoms with Crippen molar-refractivity contribution >= 4 is 182 Å². The Hall–Kier alpha value is -18.0. The summed E-state index contributed by atoms with van der Waals surface area (Å²) in [6, 6.07) is 166. The molecule has 13 heteroatoms. The molecule has 29 aromatic rings. The van der Waals surface area contributed by atoms with Crippen LogP contribution in [0.15, 0.2) is 467 Å². The summed E-state index contributed by atoms with van der Waals surface area (Å²) in [5.41, 5.74) is 26.5. The third kappa shape index (κ3) is 15.7. The molecule has 7 heterocycles. The SMILES string of the molecule is CC1(C)c2cc(-c3cc(-c4ccccc4)nc(-c4ccc5c(ccc6ccc7sc(-c8ccccc8)nc7c65)c4)n3)ccc2-c2cc3ccccc3cc21.c1ccc(-c2cc(-c3ccc4c(c3)sc3cc5ccccc5cc34)nc(-c3ccc4c(ccc5ccc6sc(-c7ccccc7)nc6c54)c3)n2)cc1.c1ccc(-c2cc(-c3ccccc3)nc(-c3cc4ccccc4c4c3ccc3sc(-c5ccccc5)nc34)n2)cc1. The van der Waals surface area contributed by atoms with Crippen molar-refractivity contribution in [1.82, 2.24) is 44.9 Å². The minimum Gasteiger partial charge on any atom is -0.235 e. The first kappa shape index (κ1) is 86.9. The van der Waals surface area contributed by atoms with E-state index in [0.717, 1.165) is 159 Å². The van der Waals surface area contributed by atoms with Crippen molar-refractivity contribution in [2.45, 2.75) is 19.3 Å². The Morgan fingerprint density at radius 2 is 0.483 bits per heavy atom. The molecule has 0 fully saturated rings. The molecule has 0 radical (unpaired) electrons. The van der Waals surface area contributed by atoms with Gasteiger partial charge in [0.05, 0.1) is 64.8 Å². The molecule has 0 spiro atoms. The van der Waals surface area contributed by atoms with Crippen molar-refractivity contribution < 1.29 is 0 Å². The maximum absolute atomic E-state index is 5.30. The molecule has 22 aromatic carbocycles. The van der Waals surface area contributed by atoms with E-state index in [-0.39, 0.29) is 5.41 Å². The van der Waals surface area contributed by atoms with Crippen LogP contribution in [0, 0.1) is 0 Å². The third-order valence-corrected chi connectivity index (χ3v) is 33.2. The van der Waals surface area contributed by atoms with E-state index >= 15 is 0 Å². The zero-order valence-corrected chi connectivity index (χ0v) is 82.9. The Morgan fingerprint density at radius 1 is 0.163 bits per heavy atom. The first-order valence-corrected chi connectivity index (χ1v) is 52.7. The number of rotatable bonds is 12. The van der Waals surface area contributed by atoms with E-state index in [1.54, 1.807) is 34.0 Å². The van der Waals surface area contributed by atoms with Gasteiger partial charge in [0.2, 0.25) is 0 Å². The van der Waals surface area contributed by atoms with Crippen LogP contribution in [0.1, 0.15) is 25.0 Å². The maximum Gasteiger partial charge on any atom is 0.161 e. The second-order valence-corrected chi connectivity index (χ2v) is 42.3. The number of thiazole rings is 3. The first-order valence-electron chi connectivity index (χ1n) is 49.4. The average molecular weight is 1950 g/mol. The van der Waals surface area contributed by atoms with Crippen LogP contribution in [-0.2, 0) is 5.41 Å². The second-order valence-electron chi connectivity index (χ2n) is 38.1. The molecule has 30 rings (SSSR count). The van der Waals surface area contributed by atoms with Gasteiger partial charge in [0.25, 0.3) is 0 Å². The van der Waals surface area contributed by atoms with Gasteiger partial charge in [-0.05, 0) is 183 Å². The second kappa shape index (κ2) is 35.9. The molecule has 1 aliphatic rings. The normalized spacial score (nSPS) is 12.2. The van der Waals surface area contributed by atoms with Crippen molar-refractivity contribution in [3.05, 3.63) is 478 Å². The number of fused-ring (bicyclic) bond motifs is 23. The van der Waals surface area contributed by atoms with Gasteiger partial charge in [0, 0.05) is 109 Å². The van der Waals surface area contributed by atoms with E-state index in [9.17, 15) is 0 Å². The summed E-state index contributed by atoms with van der Waals surface area (Å²) < 4.78 is 6.10. The third-order valence-electron chi connectivity index (χ3n) is 28.8. The van der Waals surface area contributed by atoms with Gasteiger partial charge in [-0.15, -0.1) is 45.3 Å². The van der Waals surface area contributed by atoms with Gasteiger partial charge >= 0.3 is 0 Å². The van der Waals surface area contributed by atoms with Crippen LogP contribution in [0.5, 0.6) is 0 Å². The fourth-order valence-electron chi connectivity index (χ4n) is 21.5. The summed E-state index contributed by atoms with van der Waals surface area (Å²) in [5, 5.41) is 24.7. The fourth-order valence-corrected chi connectivity index (χ4v) is 25.6. The van der Waals surface area contributed by atoms with Gasteiger partial charge in [0.15, 0.2) is 17.5 Å². The molecule has 147 heavy (non-hydrogen) atoms. The van der Waals surface area contributed by atoms with Crippen molar-refractivity contribution in [1.29, 1.82) is 0 Å². The van der Waals surface area contributed by atoms with Gasteiger partial charge in [-0.3, -0.25) is 0 Å². The molecule has 0 saturated heterocycles. The molecular formula is C134H83N9S4. The molecule has 0 unspecified atom stereocenters. The first-order chi connectivity index (χ1) is 72.5. The lowest BCUT2D eigenvalue weighted by Crippen LogP contribution is -2.15. The Kier molecular flexibility index (Phi) is 21.2. The zero-order valence-electron chi connectivity index (χ0n) is 79.6. The van der Waals surface area contributed by atoms with E-state index in [4.69, 9.17) is 44.9 Å². The molecule has 1 aliphatic carbocycles. The number of aromatic nitrogens is 9. The van der Waals surface area contributed by atoms with Crippen molar-refractivity contribution in [3.8, 4) is 145 Å². The van der Waals surface area contributed by atoms with Gasteiger partial charge < -0.3 is 0 Å². The van der Waals surface area contributed by atoms with Crippen molar-refractivity contribution in [3.63, 3.8) is 0 Å². The van der Waals surface area contributed by atoms with Crippen LogP contribution in [0.2, 0.25) is 0 Å². The summed E-state index contributed by atoms with van der Waals surface area (Å²) in [6.45, 7) is 4.69. The van der Waals surface area contributed by atoms with Gasteiger partial charge in [0.1, 0.15) is 15.0 Å². The molecular weight excluding hydrogens is 1860 g/mol. The Morgan fingerprint density at radius 3 is 0.959 bits per heavy atom. The number of nitrogens with zero attached hydrogens (tertiary/aromatic N) is 9. The minimum atomic E-state index is -0.144. The zero-order chi connectivity index (χ0) is 97.3. The van der Waals surface area contributed by atoms with Crippen molar-refractivity contribution in [2.75, 3.05) is 0 Å². The summed E-state index contributed by atoms with van der Waals surface area (Å²) in [7, 11) is 0. The van der Waals surface area contributed by atoms with E-state index in [1.807, 2.05) is 78.1 Å². The highest BCUT2D eigenvalue weighted by Gasteiger charge is 2.37. The lowest BCUT2D eigenvalue weighted by Gasteiger charge is -2.22. The topological polar surface area (TPSA) is 116 Å². The quantitative estimate of drug-likeness (QED) is 0.110. The van der Waals surface area contributed by atoms with Crippen LogP contribution >= 0.6 is 45.3 Å². The van der Waals surface area contributed by atoms with E-state index in [0.29, 0.717) is 17.5 Å². The average Bonchev–Trinajstić information content (AvgIpc) is 1.59. The Labute approximate surface area is 862 Å². The molecule has 0 bridgehead atoms. The van der Waals surface area contributed by atoms with Crippen LogP contribution in [-0.4, -0.2) is 44.9 Å². The number of hydrogen-bond acceptors (Lipinski definition) is 13. The standard InChI is InChI=1S/C50H33N3S.C47H27N3S2.C37H23N3S/c1-50(2)41-28-36(19-23-39(41)40-26-33-15-9-10-16-34(33)27-42(40)50)44-29-43(30-11-5-3-6-12-30)51-48(52-44)37-20-22-38-35(25-37)18-17-31-21-24-45-47(46(31)38)53-49(54-45)32-13-7-4-8-14-32;1-3-9-28(10-4-1)39-27-40(34-17-21-37-38-24-31-13-7-8-14-32(31)25-43(38)51-42(37)26-34)49-46(48-39)35-18-20-36-33(23-35)16-15-29-19-22-41-45(44(29)36)50-47(52-41)30-11-5-2-6-12-30;1-4-12-24(13-5-1)31-23-32(25-14-6-2-7-15-25)39-36(38-31)30-22-27-18-10-11-19-28(27)34-29(30)20-21-33-35(34)40-37(41-33)26-16-8-3-9-17-26/h3-29H,1-2H3;1-27H;1-23H. The molecule has 688 valence electrons. The maximum atomic E-state index is 5.30. The minimum absolute atomic E-state index is 0.144. The smallest absolute Gasteiger partial charge is 0.161 e. The number of hydrogen-bond donors (Lipinski definition) is 0. The van der Waals surface area contributed by atoms with Gasteiger partial charge in [-0.25, -0.2) is 44.9 Å². The van der Waals surface area contributed by atoms with Crippen molar-refractivity contribution in [2.24, 2.45) is 0 Å². The van der Waals surface area contributed by atoms with E-state index < -0.39 is 0 Å². The lowest BCUT2D eigenvalue weighted by atomic mass is 9.81. The fraction of sp³-hybridized carbons (Fsp3) is 0.0224.